The van der Waals surface area contributed by atoms with Gasteiger partial charge in [-0.1, -0.05) is 24.3 Å². The van der Waals surface area contributed by atoms with Gasteiger partial charge in [-0.2, -0.15) is 0 Å². The zero-order valence-electron chi connectivity index (χ0n) is 10.8. The van der Waals surface area contributed by atoms with Crippen LogP contribution in [0.5, 0.6) is 17.2 Å². The minimum Gasteiger partial charge on any atom is -0.504 e. The Morgan fingerprint density at radius 3 is 2.67 bits per heavy atom. The third-order valence-electron chi connectivity index (χ3n) is 3.78. The highest BCUT2D eigenvalue weighted by Crippen LogP contribution is 2.47. The first-order valence-electron chi connectivity index (χ1n) is 6.50. The van der Waals surface area contributed by atoms with E-state index in [4.69, 9.17) is 9.47 Å². The van der Waals surface area contributed by atoms with E-state index in [9.17, 15) is 14.7 Å². The van der Waals surface area contributed by atoms with Crippen LogP contribution >= 0.6 is 0 Å². The molecule has 2 aliphatic rings. The van der Waals surface area contributed by atoms with Crippen LogP contribution in [0.2, 0.25) is 0 Å². The molecule has 0 aromatic heterocycles. The van der Waals surface area contributed by atoms with Crippen molar-refractivity contribution in [1.29, 1.82) is 0 Å². The van der Waals surface area contributed by atoms with Crippen LogP contribution in [0.15, 0.2) is 42.5 Å². The lowest BCUT2D eigenvalue weighted by Crippen LogP contribution is -2.42. The predicted octanol–water partition coefficient (Wildman–Crippen LogP) is 2.24. The maximum absolute atomic E-state index is 12.5. The Morgan fingerprint density at radius 2 is 1.81 bits per heavy atom. The van der Waals surface area contributed by atoms with Crippen molar-refractivity contribution in [2.45, 2.75) is 6.10 Å². The second kappa shape index (κ2) is 4.09. The SMILES string of the molecule is O=C1Oc2c(O)cccc2[C@@H]2Oc3ccccc3C(=O)[C@H]12. The summed E-state index contributed by atoms with van der Waals surface area (Å²) in [6, 6.07) is 11.5. The smallest absolute Gasteiger partial charge is 0.326 e. The number of aromatic hydroxyl groups is 1. The lowest BCUT2D eigenvalue weighted by Gasteiger charge is -2.35. The summed E-state index contributed by atoms with van der Waals surface area (Å²) in [4.78, 5) is 24.6. The third kappa shape index (κ3) is 1.57. The summed E-state index contributed by atoms with van der Waals surface area (Å²) in [6.07, 6.45) is -0.768. The number of carbonyl (C=O) groups is 2. The second-order valence-corrected chi connectivity index (χ2v) is 4.99. The molecule has 5 nitrogen and oxygen atoms in total. The molecule has 0 fully saturated rings. The van der Waals surface area contributed by atoms with Gasteiger partial charge in [0.2, 0.25) is 0 Å². The Bertz CT molecular complexity index is 780. The standard InChI is InChI=1S/C16H10O5/c17-10-6-3-5-9-14(10)21-16(19)12-13(18)8-4-1-2-7-11(8)20-15(9)12/h1-7,12,15,17H/t12-,15-/m0/s1. The summed E-state index contributed by atoms with van der Waals surface area (Å²) < 4.78 is 11.0. The zero-order chi connectivity index (χ0) is 14.6. The molecular weight excluding hydrogens is 272 g/mol. The largest absolute Gasteiger partial charge is 0.504 e. The van der Waals surface area contributed by atoms with Gasteiger partial charge in [-0.3, -0.25) is 9.59 Å². The average Bonchev–Trinajstić information content (AvgIpc) is 2.48. The number of esters is 1. The van der Waals surface area contributed by atoms with Crippen molar-refractivity contribution in [2.24, 2.45) is 5.92 Å². The number of phenols is 1. The van der Waals surface area contributed by atoms with Crippen LogP contribution < -0.4 is 9.47 Å². The topological polar surface area (TPSA) is 72.8 Å². The molecule has 0 bridgehead atoms. The van der Waals surface area contributed by atoms with E-state index in [1.54, 1.807) is 36.4 Å². The van der Waals surface area contributed by atoms with Crippen molar-refractivity contribution in [3.8, 4) is 17.2 Å². The van der Waals surface area contributed by atoms with E-state index >= 15 is 0 Å². The number of Topliss-reactive ketones (excluding diaryl/α,β-unsaturated/α-hetero) is 1. The number of carbonyl (C=O) groups excluding carboxylic acids is 2. The van der Waals surface area contributed by atoms with Gasteiger partial charge in [0, 0.05) is 5.56 Å². The number of hydrogen-bond acceptors (Lipinski definition) is 5. The monoisotopic (exact) mass is 282 g/mol. The first-order valence-corrected chi connectivity index (χ1v) is 6.50. The van der Waals surface area contributed by atoms with Gasteiger partial charge in [0.25, 0.3) is 0 Å². The minimum absolute atomic E-state index is 0.0657. The maximum atomic E-state index is 12.5. The normalized spacial score (nSPS) is 22.5. The molecular formula is C16H10O5. The van der Waals surface area contributed by atoms with Gasteiger partial charge in [0.05, 0.1) is 5.56 Å². The van der Waals surface area contributed by atoms with Gasteiger partial charge < -0.3 is 14.6 Å². The van der Waals surface area contributed by atoms with Gasteiger partial charge >= 0.3 is 5.97 Å². The molecule has 21 heavy (non-hydrogen) atoms. The number of fused-ring (bicyclic) bond motifs is 4. The highest BCUT2D eigenvalue weighted by molar-refractivity contribution is 6.12. The predicted molar refractivity (Wildman–Crippen MR) is 71.4 cm³/mol. The molecule has 2 aliphatic heterocycles. The highest BCUT2D eigenvalue weighted by atomic mass is 16.6. The molecule has 2 aromatic carbocycles. The fourth-order valence-corrected chi connectivity index (χ4v) is 2.80. The molecule has 2 heterocycles. The molecule has 0 amide bonds. The van der Waals surface area contributed by atoms with E-state index in [1.165, 1.54) is 6.07 Å². The van der Waals surface area contributed by atoms with Crippen LogP contribution in [0.1, 0.15) is 22.0 Å². The quantitative estimate of drug-likeness (QED) is 0.456. The summed E-state index contributed by atoms with van der Waals surface area (Å²) in [7, 11) is 0. The molecule has 2 atom stereocenters. The van der Waals surface area contributed by atoms with E-state index in [2.05, 4.69) is 0 Å². The second-order valence-electron chi connectivity index (χ2n) is 4.99. The average molecular weight is 282 g/mol. The summed E-state index contributed by atoms with van der Waals surface area (Å²) in [5.41, 5.74) is 0.877. The Hall–Kier alpha value is -2.82. The van der Waals surface area contributed by atoms with Crippen LogP contribution in [0.25, 0.3) is 0 Å². The Labute approximate surface area is 119 Å². The summed E-state index contributed by atoms with van der Waals surface area (Å²) in [5.74, 6) is -1.69. The number of benzene rings is 2. The molecule has 0 unspecified atom stereocenters. The van der Waals surface area contributed by atoms with Crippen molar-refractivity contribution < 1.29 is 24.2 Å². The van der Waals surface area contributed by atoms with Crippen LogP contribution in [-0.4, -0.2) is 16.9 Å². The van der Waals surface area contributed by atoms with E-state index in [-0.39, 0.29) is 17.3 Å². The minimum atomic E-state index is -1.03. The van der Waals surface area contributed by atoms with Gasteiger partial charge in [-0.05, 0) is 18.2 Å². The molecule has 0 aliphatic carbocycles. The molecule has 1 N–H and O–H groups in total. The number of para-hydroxylation sites is 2. The van der Waals surface area contributed by atoms with Gasteiger partial charge in [-0.25, -0.2) is 0 Å². The first kappa shape index (κ1) is 12.0. The van der Waals surface area contributed by atoms with Crippen molar-refractivity contribution in [3.05, 3.63) is 53.6 Å². The van der Waals surface area contributed by atoms with E-state index in [1.807, 2.05) is 0 Å². The third-order valence-corrected chi connectivity index (χ3v) is 3.78. The maximum Gasteiger partial charge on any atom is 0.326 e. The number of hydrogen-bond donors (Lipinski definition) is 1. The van der Waals surface area contributed by atoms with Crippen molar-refractivity contribution in [1.82, 2.24) is 0 Å². The molecule has 104 valence electrons. The number of rotatable bonds is 0. The summed E-state index contributed by atoms with van der Waals surface area (Å²) >= 11 is 0. The lowest BCUT2D eigenvalue weighted by molar-refractivity contribution is -0.142. The van der Waals surface area contributed by atoms with E-state index in [0.717, 1.165) is 0 Å². The molecule has 0 saturated heterocycles. The van der Waals surface area contributed by atoms with Crippen LogP contribution in [0.3, 0.4) is 0 Å². The van der Waals surface area contributed by atoms with Gasteiger partial charge in [0.15, 0.2) is 23.2 Å². The molecule has 0 saturated carbocycles. The summed E-state index contributed by atoms with van der Waals surface area (Å²) in [6.45, 7) is 0. The fourth-order valence-electron chi connectivity index (χ4n) is 2.80. The zero-order valence-corrected chi connectivity index (χ0v) is 10.8. The highest BCUT2D eigenvalue weighted by Gasteiger charge is 2.48. The van der Waals surface area contributed by atoms with Gasteiger partial charge in [0.1, 0.15) is 11.9 Å². The van der Waals surface area contributed by atoms with Crippen molar-refractivity contribution >= 4 is 11.8 Å². The number of ether oxygens (including phenoxy) is 2. The number of ketones is 1. The molecule has 0 spiro atoms. The molecule has 0 radical (unpaired) electrons. The molecule has 4 rings (SSSR count). The van der Waals surface area contributed by atoms with Crippen molar-refractivity contribution in [2.75, 3.05) is 0 Å². The van der Waals surface area contributed by atoms with Crippen LogP contribution in [-0.2, 0) is 4.79 Å². The fraction of sp³-hybridized carbons (Fsp3) is 0.125. The van der Waals surface area contributed by atoms with E-state index in [0.29, 0.717) is 16.9 Å². The lowest BCUT2D eigenvalue weighted by atomic mass is 9.84. The first-order chi connectivity index (χ1) is 10.2. The van der Waals surface area contributed by atoms with Crippen molar-refractivity contribution in [3.63, 3.8) is 0 Å². The number of phenolic OH excluding ortho intramolecular Hbond substituents is 1. The molecule has 5 heteroatoms. The Balaban J connectivity index is 1.92. The van der Waals surface area contributed by atoms with Crippen LogP contribution in [0, 0.1) is 5.92 Å². The van der Waals surface area contributed by atoms with Crippen LogP contribution in [0.4, 0.5) is 0 Å². The molecule has 2 aromatic rings. The van der Waals surface area contributed by atoms with E-state index < -0.39 is 18.0 Å². The Kier molecular flexibility index (Phi) is 2.33. The Morgan fingerprint density at radius 1 is 1.00 bits per heavy atom. The summed E-state index contributed by atoms with van der Waals surface area (Å²) in [5, 5.41) is 9.81. The van der Waals surface area contributed by atoms with Gasteiger partial charge in [-0.15, -0.1) is 0 Å².